The van der Waals surface area contributed by atoms with Crippen LogP contribution >= 0.6 is 0 Å². The normalized spacial score (nSPS) is 19.7. The summed E-state index contributed by atoms with van der Waals surface area (Å²) in [5.74, 6) is -0.423. The van der Waals surface area contributed by atoms with Gasteiger partial charge in [0.1, 0.15) is 5.82 Å². The van der Waals surface area contributed by atoms with Crippen molar-refractivity contribution < 1.29 is 14.0 Å². The molecule has 1 N–H and O–H groups in total. The van der Waals surface area contributed by atoms with Crippen molar-refractivity contribution in [3.05, 3.63) is 101 Å². The maximum absolute atomic E-state index is 13.4. The fraction of sp³-hybridized carbons (Fsp3) is 0.286. The van der Waals surface area contributed by atoms with Crippen molar-refractivity contribution in [2.24, 2.45) is 0 Å². The molecule has 0 aromatic heterocycles. The smallest absolute Gasteiger partial charge is 0.258 e. The van der Waals surface area contributed by atoms with E-state index in [1.165, 1.54) is 12.1 Å². The summed E-state index contributed by atoms with van der Waals surface area (Å²) in [7, 11) is 0. The lowest BCUT2D eigenvalue weighted by molar-refractivity contribution is -0.120. The lowest BCUT2D eigenvalue weighted by Crippen LogP contribution is -2.46. The first-order chi connectivity index (χ1) is 16.6. The van der Waals surface area contributed by atoms with E-state index in [9.17, 15) is 14.0 Å². The topological polar surface area (TPSA) is 52.7 Å². The van der Waals surface area contributed by atoms with Crippen molar-refractivity contribution in [2.45, 2.75) is 37.9 Å². The molecule has 0 aliphatic carbocycles. The standard InChI is InChI=1S/C28H28FN3O2/c29-23-11-6-7-20(15-23)16-27(33)30-17-24-13-14-25-19-32(28(34)21-8-2-1-3-9-21)26-12-5-4-10-22(26)18-31(24)25/h1-12,15,24-25H,13-14,16-19H2,(H,30,33)/t24-,25-/m1/s1. The van der Waals surface area contributed by atoms with Crippen LogP contribution in [0.15, 0.2) is 78.9 Å². The zero-order valence-electron chi connectivity index (χ0n) is 19.0. The molecule has 34 heavy (non-hydrogen) atoms. The minimum atomic E-state index is -0.332. The summed E-state index contributed by atoms with van der Waals surface area (Å²) in [5.41, 5.74) is 3.43. The monoisotopic (exact) mass is 457 g/mol. The Morgan fingerprint density at radius 2 is 1.74 bits per heavy atom. The molecule has 0 saturated carbocycles. The Balaban J connectivity index is 1.30. The zero-order chi connectivity index (χ0) is 23.5. The van der Waals surface area contributed by atoms with Gasteiger partial charge < -0.3 is 10.2 Å². The third kappa shape index (κ3) is 4.73. The fourth-order valence-corrected chi connectivity index (χ4v) is 5.16. The highest BCUT2D eigenvalue weighted by Crippen LogP contribution is 2.35. The van der Waals surface area contributed by atoms with Gasteiger partial charge in [0.05, 0.1) is 6.42 Å². The molecule has 2 aliphatic rings. The van der Waals surface area contributed by atoms with Crippen LogP contribution in [0.5, 0.6) is 0 Å². The van der Waals surface area contributed by atoms with Gasteiger partial charge in [-0.15, -0.1) is 0 Å². The first-order valence-corrected chi connectivity index (χ1v) is 11.8. The predicted molar refractivity (Wildman–Crippen MR) is 130 cm³/mol. The van der Waals surface area contributed by atoms with Gasteiger partial charge in [-0.25, -0.2) is 4.39 Å². The Morgan fingerprint density at radius 1 is 0.941 bits per heavy atom. The van der Waals surface area contributed by atoms with Crippen molar-refractivity contribution in [1.82, 2.24) is 10.2 Å². The Labute approximate surface area is 199 Å². The second-order valence-electron chi connectivity index (χ2n) is 9.08. The molecule has 0 radical (unpaired) electrons. The van der Waals surface area contributed by atoms with E-state index < -0.39 is 0 Å². The number of para-hydroxylation sites is 1. The molecule has 5 nitrogen and oxygen atoms in total. The van der Waals surface area contributed by atoms with Crippen molar-refractivity contribution in [2.75, 3.05) is 18.0 Å². The number of fused-ring (bicyclic) bond motifs is 2. The number of halogens is 1. The Morgan fingerprint density at radius 3 is 2.56 bits per heavy atom. The molecule has 2 aliphatic heterocycles. The average molecular weight is 458 g/mol. The van der Waals surface area contributed by atoms with Gasteiger partial charge in [-0.2, -0.15) is 0 Å². The van der Waals surface area contributed by atoms with Crippen molar-refractivity contribution in [3.63, 3.8) is 0 Å². The number of amides is 2. The number of hydrogen-bond acceptors (Lipinski definition) is 3. The highest BCUT2D eigenvalue weighted by Gasteiger charge is 2.38. The van der Waals surface area contributed by atoms with Gasteiger partial charge in [0.15, 0.2) is 0 Å². The van der Waals surface area contributed by atoms with Gasteiger partial charge in [0.25, 0.3) is 5.91 Å². The van der Waals surface area contributed by atoms with Gasteiger partial charge in [-0.05, 0) is 54.3 Å². The van der Waals surface area contributed by atoms with Gasteiger partial charge in [0, 0.05) is 43.0 Å². The van der Waals surface area contributed by atoms with Gasteiger partial charge in [0.2, 0.25) is 5.91 Å². The molecule has 3 aromatic rings. The second-order valence-corrected chi connectivity index (χ2v) is 9.08. The molecular weight excluding hydrogens is 429 g/mol. The predicted octanol–water partition coefficient (Wildman–Crippen LogP) is 4.18. The molecule has 2 amide bonds. The van der Waals surface area contributed by atoms with Crippen LogP contribution < -0.4 is 10.2 Å². The van der Waals surface area contributed by atoms with Crippen LogP contribution in [-0.4, -0.2) is 41.9 Å². The largest absolute Gasteiger partial charge is 0.354 e. The van der Waals surface area contributed by atoms with Crippen molar-refractivity contribution >= 4 is 17.5 Å². The van der Waals surface area contributed by atoms with Crippen LogP contribution in [0.4, 0.5) is 10.1 Å². The zero-order valence-corrected chi connectivity index (χ0v) is 19.0. The Bertz CT molecular complexity index is 1180. The maximum atomic E-state index is 13.4. The second kappa shape index (κ2) is 9.77. The summed E-state index contributed by atoms with van der Waals surface area (Å²) in [5, 5.41) is 3.05. The minimum Gasteiger partial charge on any atom is -0.354 e. The molecule has 5 rings (SSSR count). The Kier molecular flexibility index (Phi) is 6.41. The number of carbonyl (C=O) groups excluding carboxylic acids is 2. The van der Waals surface area contributed by atoms with E-state index in [0.717, 1.165) is 30.6 Å². The van der Waals surface area contributed by atoms with Crippen LogP contribution in [0.25, 0.3) is 0 Å². The van der Waals surface area contributed by atoms with Gasteiger partial charge in [-0.3, -0.25) is 14.5 Å². The van der Waals surface area contributed by atoms with Crippen LogP contribution in [0.3, 0.4) is 0 Å². The van der Waals surface area contributed by atoms with E-state index in [-0.39, 0.29) is 36.1 Å². The molecule has 1 saturated heterocycles. The number of anilines is 1. The molecule has 2 atom stereocenters. The SMILES string of the molecule is O=C(Cc1cccc(F)c1)NC[C@H]1CC[C@@H]2CN(C(=O)c3ccccc3)c3ccccc3CN12. The van der Waals surface area contributed by atoms with E-state index in [0.29, 0.717) is 24.2 Å². The van der Waals surface area contributed by atoms with Crippen LogP contribution in [0.1, 0.15) is 34.3 Å². The van der Waals surface area contributed by atoms with Gasteiger partial charge >= 0.3 is 0 Å². The van der Waals surface area contributed by atoms with Gasteiger partial charge in [-0.1, -0.05) is 48.5 Å². The van der Waals surface area contributed by atoms with E-state index in [1.54, 1.807) is 12.1 Å². The van der Waals surface area contributed by atoms with Crippen molar-refractivity contribution in [3.8, 4) is 0 Å². The van der Waals surface area contributed by atoms with E-state index in [1.807, 2.05) is 53.4 Å². The molecule has 0 unspecified atom stereocenters. The van der Waals surface area contributed by atoms with E-state index in [2.05, 4.69) is 16.3 Å². The highest BCUT2D eigenvalue weighted by atomic mass is 19.1. The summed E-state index contributed by atoms with van der Waals surface area (Å²) < 4.78 is 13.4. The molecule has 0 bridgehead atoms. The van der Waals surface area contributed by atoms with E-state index in [4.69, 9.17) is 0 Å². The minimum absolute atomic E-state index is 0.0155. The first kappa shape index (κ1) is 22.3. The first-order valence-electron chi connectivity index (χ1n) is 11.8. The summed E-state index contributed by atoms with van der Waals surface area (Å²) >= 11 is 0. The Hall–Kier alpha value is -3.51. The number of carbonyl (C=O) groups is 2. The third-order valence-corrected chi connectivity index (χ3v) is 6.85. The molecule has 6 heteroatoms. The lowest BCUT2D eigenvalue weighted by atomic mass is 10.1. The summed E-state index contributed by atoms with van der Waals surface area (Å²) in [6.07, 6.45) is 2.09. The summed E-state index contributed by atoms with van der Waals surface area (Å²) in [4.78, 5) is 30.3. The average Bonchev–Trinajstić information content (AvgIpc) is 3.14. The van der Waals surface area contributed by atoms with Crippen LogP contribution in [-0.2, 0) is 17.8 Å². The molecule has 2 heterocycles. The van der Waals surface area contributed by atoms with Crippen molar-refractivity contribution in [1.29, 1.82) is 0 Å². The molecule has 3 aromatic carbocycles. The highest BCUT2D eigenvalue weighted by molar-refractivity contribution is 6.06. The van der Waals surface area contributed by atoms with E-state index >= 15 is 0 Å². The molecular formula is C28H28FN3O2. The quantitative estimate of drug-likeness (QED) is 0.626. The number of nitrogens with one attached hydrogen (secondary N) is 1. The number of nitrogens with zero attached hydrogens (tertiary/aromatic N) is 2. The third-order valence-electron chi connectivity index (χ3n) is 6.85. The number of rotatable bonds is 5. The fourth-order valence-electron chi connectivity index (χ4n) is 5.16. The summed E-state index contributed by atoms with van der Waals surface area (Å²) in [6, 6.07) is 24.1. The van der Waals surface area contributed by atoms with Crippen LogP contribution in [0.2, 0.25) is 0 Å². The number of hydrogen-bond donors (Lipinski definition) is 1. The molecule has 0 spiro atoms. The van der Waals surface area contributed by atoms with Crippen LogP contribution in [0, 0.1) is 5.82 Å². The number of benzene rings is 3. The summed E-state index contributed by atoms with van der Waals surface area (Å²) in [6.45, 7) is 1.90. The molecule has 1 fully saturated rings. The lowest BCUT2D eigenvalue weighted by Gasteiger charge is -2.29. The molecule has 174 valence electrons. The maximum Gasteiger partial charge on any atom is 0.258 e.